The van der Waals surface area contributed by atoms with Crippen LogP contribution in [0.25, 0.3) is 0 Å². The van der Waals surface area contributed by atoms with E-state index in [0.29, 0.717) is 16.8 Å². The second kappa shape index (κ2) is 3.14. The topological polar surface area (TPSA) is 51.8 Å². The van der Waals surface area contributed by atoms with Gasteiger partial charge < -0.3 is 5.73 Å². The van der Waals surface area contributed by atoms with Crippen molar-refractivity contribution in [3.8, 4) is 0 Å². The molecule has 0 unspecified atom stereocenters. The lowest BCUT2D eigenvalue weighted by molar-refractivity contribution is 0.546. The molecule has 2 N–H and O–H groups in total. The van der Waals surface area contributed by atoms with Crippen molar-refractivity contribution in [1.82, 2.24) is 9.97 Å². The van der Waals surface area contributed by atoms with Crippen LogP contribution in [0.5, 0.6) is 0 Å². The Labute approximate surface area is 83.3 Å². The van der Waals surface area contributed by atoms with Crippen LogP contribution in [0.3, 0.4) is 0 Å². The Morgan fingerprint density at radius 2 is 1.77 bits per heavy atom. The quantitative estimate of drug-likeness (QED) is 0.653. The first-order chi connectivity index (χ1) is 5.82. The van der Waals surface area contributed by atoms with E-state index >= 15 is 0 Å². The molecule has 0 radical (unpaired) electrons. The molecule has 0 atom stereocenters. The van der Waals surface area contributed by atoms with E-state index in [9.17, 15) is 0 Å². The van der Waals surface area contributed by atoms with Gasteiger partial charge in [-0.2, -0.15) is 0 Å². The zero-order valence-electron chi connectivity index (χ0n) is 8.35. The average Bonchev–Trinajstić information content (AvgIpc) is 1.97. The molecule has 0 aliphatic heterocycles. The normalized spacial score (nSPS) is 11.8. The van der Waals surface area contributed by atoms with Crippen LogP contribution in [0.1, 0.15) is 32.2 Å². The highest BCUT2D eigenvalue weighted by atomic mass is 35.5. The van der Waals surface area contributed by atoms with Crippen molar-refractivity contribution < 1.29 is 0 Å². The number of aromatic nitrogens is 2. The molecule has 0 aliphatic rings. The molecule has 0 bridgehead atoms. The van der Waals surface area contributed by atoms with Crippen LogP contribution in [0, 0.1) is 6.92 Å². The lowest BCUT2D eigenvalue weighted by Crippen LogP contribution is -2.17. The number of nitrogen functional groups attached to an aromatic ring is 1. The predicted octanol–water partition coefficient (Wildman–Crippen LogP) is 2.32. The summed E-state index contributed by atoms with van der Waals surface area (Å²) in [7, 11) is 0. The molecular weight excluding hydrogens is 186 g/mol. The summed E-state index contributed by atoms with van der Waals surface area (Å²) in [5.74, 6) is 1.14. The van der Waals surface area contributed by atoms with Gasteiger partial charge in [0.1, 0.15) is 16.8 Å². The number of nitrogens with two attached hydrogens (primary N) is 1. The molecule has 3 nitrogen and oxygen atoms in total. The van der Waals surface area contributed by atoms with Crippen LogP contribution in [-0.2, 0) is 5.41 Å². The van der Waals surface area contributed by atoms with E-state index < -0.39 is 0 Å². The van der Waals surface area contributed by atoms with E-state index in [1.165, 1.54) is 0 Å². The third kappa shape index (κ3) is 2.10. The molecule has 0 spiro atoms. The molecule has 0 fully saturated rings. The number of rotatable bonds is 0. The number of anilines is 1. The van der Waals surface area contributed by atoms with Crippen LogP contribution >= 0.6 is 11.6 Å². The van der Waals surface area contributed by atoms with Crippen LogP contribution < -0.4 is 5.73 Å². The SMILES string of the molecule is Cc1c(N)nc(C(C)(C)C)nc1Cl. The molecular formula is C9H14ClN3. The lowest BCUT2D eigenvalue weighted by atomic mass is 9.95. The third-order valence-corrected chi connectivity index (χ3v) is 2.16. The van der Waals surface area contributed by atoms with Crippen LogP contribution in [0.2, 0.25) is 5.15 Å². The Morgan fingerprint density at radius 1 is 1.23 bits per heavy atom. The second-order valence-electron chi connectivity index (χ2n) is 4.10. The van der Waals surface area contributed by atoms with Crippen LogP contribution in [0.15, 0.2) is 0 Å². The van der Waals surface area contributed by atoms with E-state index in [-0.39, 0.29) is 5.41 Å². The van der Waals surface area contributed by atoms with Gasteiger partial charge in [-0.25, -0.2) is 9.97 Å². The number of hydrogen-bond donors (Lipinski definition) is 1. The molecule has 1 aromatic heterocycles. The minimum atomic E-state index is -0.120. The van der Waals surface area contributed by atoms with E-state index in [4.69, 9.17) is 17.3 Å². The number of nitrogens with zero attached hydrogens (tertiary/aromatic N) is 2. The number of halogens is 1. The summed E-state index contributed by atoms with van der Waals surface area (Å²) >= 11 is 5.89. The molecule has 0 saturated carbocycles. The smallest absolute Gasteiger partial charge is 0.137 e. The van der Waals surface area contributed by atoms with Gasteiger partial charge in [0.05, 0.1) is 0 Å². The first kappa shape index (κ1) is 10.3. The largest absolute Gasteiger partial charge is 0.383 e. The highest BCUT2D eigenvalue weighted by Gasteiger charge is 2.19. The van der Waals surface area contributed by atoms with Crippen molar-refractivity contribution >= 4 is 17.4 Å². The molecule has 0 saturated heterocycles. The Balaban J connectivity index is 3.29. The first-order valence-electron chi connectivity index (χ1n) is 4.12. The van der Waals surface area contributed by atoms with Crippen molar-refractivity contribution in [2.75, 3.05) is 5.73 Å². The predicted molar refractivity (Wildman–Crippen MR) is 54.9 cm³/mol. The summed E-state index contributed by atoms with van der Waals surface area (Å²) in [6, 6.07) is 0. The second-order valence-corrected chi connectivity index (χ2v) is 4.46. The molecule has 1 rings (SSSR count). The Morgan fingerprint density at radius 3 is 2.15 bits per heavy atom. The van der Waals surface area contributed by atoms with Gasteiger partial charge in [-0.3, -0.25) is 0 Å². The zero-order chi connectivity index (χ0) is 10.2. The molecule has 1 heterocycles. The van der Waals surface area contributed by atoms with Gasteiger partial charge in [0, 0.05) is 11.0 Å². The summed E-state index contributed by atoms with van der Waals surface area (Å²) < 4.78 is 0. The summed E-state index contributed by atoms with van der Waals surface area (Å²) in [4.78, 5) is 8.37. The summed E-state index contributed by atoms with van der Waals surface area (Å²) in [5.41, 5.74) is 6.31. The van der Waals surface area contributed by atoms with Crippen molar-refractivity contribution in [1.29, 1.82) is 0 Å². The highest BCUT2D eigenvalue weighted by molar-refractivity contribution is 6.30. The molecule has 0 aliphatic carbocycles. The molecule has 4 heteroatoms. The van der Waals surface area contributed by atoms with Crippen molar-refractivity contribution in [3.05, 3.63) is 16.5 Å². The maximum absolute atomic E-state index is 5.89. The maximum atomic E-state index is 5.89. The van der Waals surface area contributed by atoms with Crippen molar-refractivity contribution in [3.63, 3.8) is 0 Å². The fourth-order valence-electron chi connectivity index (χ4n) is 0.841. The van der Waals surface area contributed by atoms with E-state index in [1.54, 1.807) is 0 Å². The van der Waals surface area contributed by atoms with E-state index in [0.717, 1.165) is 5.56 Å². The van der Waals surface area contributed by atoms with Gasteiger partial charge in [0.2, 0.25) is 0 Å². The van der Waals surface area contributed by atoms with Crippen molar-refractivity contribution in [2.24, 2.45) is 0 Å². The standard InChI is InChI=1S/C9H14ClN3/c1-5-6(10)12-8(9(2,3)4)13-7(5)11/h1-4H3,(H2,11,12,13). The van der Waals surface area contributed by atoms with Gasteiger partial charge in [-0.1, -0.05) is 32.4 Å². The first-order valence-corrected chi connectivity index (χ1v) is 4.50. The maximum Gasteiger partial charge on any atom is 0.137 e. The highest BCUT2D eigenvalue weighted by Crippen LogP contribution is 2.24. The minimum absolute atomic E-state index is 0.120. The monoisotopic (exact) mass is 199 g/mol. The summed E-state index contributed by atoms with van der Waals surface area (Å²) in [6.07, 6.45) is 0. The molecule has 0 aromatic carbocycles. The van der Waals surface area contributed by atoms with Crippen LogP contribution in [0.4, 0.5) is 5.82 Å². The minimum Gasteiger partial charge on any atom is -0.383 e. The molecule has 13 heavy (non-hydrogen) atoms. The lowest BCUT2D eigenvalue weighted by Gasteiger charge is -2.17. The average molecular weight is 200 g/mol. The Kier molecular flexibility index (Phi) is 2.48. The third-order valence-electron chi connectivity index (χ3n) is 1.79. The van der Waals surface area contributed by atoms with E-state index in [1.807, 2.05) is 27.7 Å². The molecule has 1 aromatic rings. The van der Waals surface area contributed by atoms with Crippen LogP contribution in [-0.4, -0.2) is 9.97 Å². The van der Waals surface area contributed by atoms with Gasteiger partial charge in [-0.05, 0) is 6.92 Å². The number of hydrogen-bond acceptors (Lipinski definition) is 3. The summed E-state index contributed by atoms with van der Waals surface area (Å²) in [6.45, 7) is 7.87. The van der Waals surface area contributed by atoms with Gasteiger partial charge >= 0.3 is 0 Å². The fourth-order valence-corrected chi connectivity index (χ4v) is 1.02. The molecule has 0 amide bonds. The Hall–Kier alpha value is -0.830. The van der Waals surface area contributed by atoms with Crippen molar-refractivity contribution in [2.45, 2.75) is 33.1 Å². The fraction of sp³-hybridized carbons (Fsp3) is 0.556. The van der Waals surface area contributed by atoms with E-state index in [2.05, 4.69) is 9.97 Å². The zero-order valence-corrected chi connectivity index (χ0v) is 9.11. The molecule has 72 valence electrons. The van der Waals surface area contributed by atoms with Gasteiger partial charge in [0.25, 0.3) is 0 Å². The Bertz CT molecular complexity index is 305. The van der Waals surface area contributed by atoms with Gasteiger partial charge in [0.15, 0.2) is 0 Å². The summed E-state index contributed by atoms with van der Waals surface area (Å²) in [5, 5.41) is 0.442. The van der Waals surface area contributed by atoms with Gasteiger partial charge in [-0.15, -0.1) is 0 Å².